The first kappa shape index (κ1) is 17.1. The van der Waals surface area contributed by atoms with Crippen LogP contribution in [-0.4, -0.2) is 22.1 Å². The van der Waals surface area contributed by atoms with Gasteiger partial charge in [-0.25, -0.2) is 4.79 Å². The fraction of sp³-hybridized carbons (Fsp3) is 0.222. The van der Waals surface area contributed by atoms with Crippen LogP contribution in [0.25, 0.3) is 11.0 Å². The van der Waals surface area contributed by atoms with E-state index in [1.807, 2.05) is 29.1 Å². The molecule has 0 fully saturated rings. The summed E-state index contributed by atoms with van der Waals surface area (Å²) >= 11 is 5.92. The van der Waals surface area contributed by atoms with E-state index in [4.69, 9.17) is 16.0 Å². The molecule has 3 aromatic rings. The van der Waals surface area contributed by atoms with E-state index >= 15 is 0 Å². The maximum Gasteiger partial charge on any atom is 0.340 e. The molecule has 6 nitrogen and oxygen atoms in total. The van der Waals surface area contributed by atoms with Crippen molar-refractivity contribution in [3.8, 4) is 5.75 Å². The van der Waals surface area contributed by atoms with E-state index in [9.17, 15) is 14.7 Å². The highest BCUT2D eigenvalue weighted by atomic mass is 35.5. The lowest BCUT2D eigenvalue weighted by atomic mass is 10.0. The average Bonchev–Trinajstić information content (AvgIpc) is 3.07. The van der Waals surface area contributed by atoms with E-state index in [1.165, 1.54) is 12.1 Å². The molecule has 0 saturated heterocycles. The molecular weight excluding hydrogens is 344 g/mol. The van der Waals surface area contributed by atoms with Gasteiger partial charge in [-0.1, -0.05) is 11.6 Å². The molecule has 2 N–H and O–H groups in total. The van der Waals surface area contributed by atoms with Crippen LogP contribution in [-0.2, 0) is 17.8 Å². The van der Waals surface area contributed by atoms with Gasteiger partial charge in [-0.2, -0.15) is 0 Å². The smallest absolute Gasteiger partial charge is 0.340 e. The highest BCUT2D eigenvalue weighted by Crippen LogP contribution is 2.30. The Morgan fingerprint density at radius 2 is 2.04 bits per heavy atom. The number of nitrogens with one attached hydrogen (secondary N) is 1. The van der Waals surface area contributed by atoms with Crippen molar-refractivity contribution >= 4 is 28.5 Å². The minimum atomic E-state index is -0.590. The van der Waals surface area contributed by atoms with E-state index in [-0.39, 0.29) is 34.2 Å². The number of rotatable bonds is 5. The predicted octanol–water partition coefficient (Wildman–Crippen LogP) is 2.62. The monoisotopic (exact) mass is 360 g/mol. The summed E-state index contributed by atoms with van der Waals surface area (Å²) in [7, 11) is 0. The molecule has 2 heterocycles. The molecule has 0 aliphatic carbocycles. The van der Waals surface area contributed by atoms with Crippen LogP contribution in [0.5, 0.6) is 5.75 Å². The molecule has 0 aliphatic heterocycles. The zero-order valence-corrected chi connectivity index (χ0v) is 14.3. The van der Waals surface area contributed by atoms with Crippen LogP contribution in [0, 0.1) is 6.92 Å². The summed E-state index contributed by atoms with van der Waals surface area (Å²) in [4.78, 5) is 24.3. The quantitative estimate of drug-likeness (QED) is 0.685. The van der Waals surface area contributed by atoms with E-state index in [0.717, 1.165) is 0 Å². The van der Waals surface area contributed by atoms with E-state index in [0.29, 0.717) is 24.0 Å². The number of fused-ring (bicyclic) bond motifs is 1. The number of halogens is 1. The number of benzene rings is 1. The molecule has 3 rings (SSSR count). The third-order valence-electron chi connectivity index (χ3n) is 4.05. The molecule has 2 aromatic heterocycles. The van der Waals surface area contributed by atoms with E-state index in [2.05, 4.69) is 5.32 Å². The van der Waals surface area contributed by atoms with Gasteiger partial charge < -0.3 is 19.4 Å². The van der Waals surface area contributed by atoms with Crippen molar-refractivity contribution in [2.75, 3.05) is 6.54 Å². The SMILES string of the molecule is Cc1c(CC(=O)NCCn2cccc2)c(=O)oc2cc(O)c(Cl)cc12. The second-order valence-electron chi connectivity index (χ2n) is 5.74. The molecule has 1 amide bonds. The molecule has 130 valence electrons. The van der Waals surface area contributed by atoms with Crippen LogP contribution in [0.4, 0.5) is 0 Å². The van der Waals surface area contributed by atoms with Gasteiger partial charge >= 0.3 is 5.63 Å². The molecule has 1 aromatic carbocycles. The van der Waals surface area contributed by atoms with E-state index < -0.39 is 5.63 Å². The summed E-state index contributed by atoms with van der Waals surface area (Å²) < 4.78 is 7.16. The normalized spacial score (nSPS) is 11.0. The van der Waals surface area contributed by atoms with Crippen LogP contribution >= 0.6 is 11.6 Å². The Labute approximate surface area is 148 Å². The van der Waals surface area contributed by atoms with Crippen molar-refractivity contribution in [3.63, 3.8) is 0 Å². The van der Waals surface area contributed by atoms with Crippen molar-refractivity contribution in [2.45, 2.75) is 19.9 Å². The zero-order valence-electron chi connectivity index (χ0n) is 13.6. The Hall–Kier alpha value is -2.73. The fourth-order valence-corrected chi connectivity index (χ4v) is 2.83. The van der Waals surface area contributed by atoms with Crippen molar-refractivity contribution in [2.24, 2.45) is 0 Å². The summed E-state index contributed by atoms with van der Waals surface area (Å²) in [6, 6.07) is 6.65. The number of hydrogen-bond donors (Lipinski definition) is 2. The van der Waals surface area contributed by atoms with Crippen LogP contribution < -0.4 is 10.9 Å². The number of aryl methyl sites for hydroxylation is 1. The molecule has 0 bridgehead atoms. The first-order valence-electron chi connectivity index (χ1n) is 7.78. The molecule has 0 unspecified atom stereocenters. The van der Waals surface area contributed by atoms with Gasteiger partial charge in [0.2, 0.25) is 5.91 Å². The average molecular weight is 361 g/mol. The van der Waals surface area contributed by atoms with Crippen molar-refractivity contribution in [1.82, 2.24) is 9.88 Å². The summed E-state index contributed by atoms with van der Waals surface area (Å²) in [6.45, 7) is 2.85. The molecule has 7 heteroatoms. The van der Waals surface area contributed by atoms with Crippen LogP contribution in [0.15, 0.2) is 45.9 Å². The summed E-state index contributed by atoms with van der Waals surface area (Å²) in [5.74, 6) is -0.418. The Balaban J connectivity index is 1.77. The Morgan fingerprint density at radius 3 is 2.76 bits per heavy atom. The van der Waals surface area contributed by atoms with Gasteiger partial charge in [0, 0.05) is 36.9 Å². The van der Waals surface area contributed by atoms with Gasteiger partial charge in [0.15, 0.2) is 0 Å². The number of phenols is 1. The second kappa shape index (κ2) is 7.03. The first-order valence-corrected chi connectivity index (χ1v) is 8.16. The molecule has 25 heavy (non-hydrogen) atoms. The summed E-state index contributed by atoms with van der Waals surface area (Å²) in [6.07, 6.45) is 3.75. The lowest BCUT2D eigenvalue weighted by Crippen LogP contribution is -2.30. The number of hydrogen-bond acceptors (Lipinski definition) is 4. The minimum Gasteiger partial charge on any atom is -0.506 e. The van der Waals surface area contributed by atoms with Crippen molar-refractivity contribution in [3.05, 3.63) is 63.2 Å². The third-order valence-corrected chi connectivity index (χ3v) is 4.35. The summed E-state index contributed by atoms with van der Waals surface area (Å²) in [5.41, 5.74) is 0.551. The molecule has 0 radical (unpaired) electrons. The van der Waals surface area contributed by atoms with Crippen LogP contribution in [0.1, 0.15) is 11.1 Å². The number of nitrogens with zero attached hydrogens (tertiary/aromatic N) is 1. The Morgan fingerprint density at radius 1 is 1.32 bits per heavy atom. The first-order chi connectivity index (χ1) is 12.0. The standard InChI is InChI=1S/C18H17ClN2O4/c1-11-12-8-14(19)15(22)10-16(12)25-18(24)13(11)9-17(23)20-4-7-21-5-2-3-6-21/h2-3,5-6,8,10,22H,4,7,9H2,1H3,(H,20,23). The number of carbonyl (C=O) groups is 1. The predicted molar refractivity (Wildman–Crippen MR) is 95.0 cm³/mol. The van der Waals surface area contributed by atoms with Gasteiger partial charge in [-0.3, -0.25) is 4.79 Å². The second-order valence-corrected chi connectivity index (χ2v) is 6.15. The molecule has 0 atom stereocenters. The van der Waals surface area contributed by atoms with E-state index in [1.54, 1.807) is 6.92 Å². The topological polar surface area (TPSA) is 84.5 Å². The number of aromatic nitrogens is 1. The lowest BCUT2D eigenvalue weighted by molar-refractivity contribution is -0.120. The van der Waals surface area contributed by atoms with Crippen molar-refractivity contribution < 1.29 is 14.3 Å². The number of phenolic OH excluding ortho intramolecular Hbond substituents is 1. The van der Waals surface area contributed by atoms with Crippen molar-refractivity contribution in [1.29, 1.82) is 0 Å². The lowest BCUT2D eigenvalue weighted by Gasteiger charge is -2.10. The fourth-order valence-electron chi connectivity index (χ4n) is 2.67. The molecule has 0 aliphatic rings. The highest BCUT2D eigenvalue weighted by Gasteiger charge is 2.16. The molecule has 0 spiro atoms. The van der Waals surface area contributed by atoms with Gasteiger partial charge in [0.1, 0.15) is 11.3 Å². The maximum absolute atomic E-state index is 12.2. The Bertz CT molecular complexity index is 977. The molecular formula is C18H17ClN2O4. The third kappa shape index (κ3) is 3.69. The zero-order chi connectivity index (χ0) is 18.0. The number of aromatic hydroxyl groups is 1. The van der Waals surface area contributed by atoms with Gasteiger partial charge in [-0.15, -0.1) is 0 Å². The van der Waals surface area contributed by atoms with Crippen LogP contribution in [0.2, 0.25) is 5.02 Å². The maximum atomic E-state index is 12.2. The number of carbonyl (C=O) groups excluding carboxylic acids is 1. The minimum absolute atomic E-state index is 0.0751. The molecule has 0 saturated carbocycles. The number of amides is 1. The summed E-state index contributed by atoms with van der Waals surface area (Å²) in [5, 5.41) is 13.2. The van der Waals surface area contributed by atoms with Gasteiger partial charge in [0.25, 0.3) is 0 Å². The van der Waals surface area contributed by atoms with Crippen LogP contribution in [0.3, 0.4) is 0 Å². The highest BCUT2D eigenvalue weighted by molar-refractivity contribution is 6.32. The van der Waals surface area contributed by atoms with Gasteiger partial charge in [-0.05, 0) is 30.7 Å². The largest absolute Gasteiger partial charge is 0.506 e. The van der Waals surface area contributed by atoms with Gasteiger partial charge in [0.05, 0.1) is 17.0 Å². The Kier molecular flexibility index (Phi) is 4.81.